The number of carboxylic acid groups (broad SMARTS) is 1. The summed E-state index contributed by atoms with van der Waals surface area (Å²) in [5, 5.41) is 12.8. The maximum absolute atomic E-state index is 10.4. The molecule has 0 heterocycles. The monoisotopic (exact) mass is 216 g/mol. The van der Waals surface area contributed by atoms with Gasteiger partial charge < -0.3 is 5.11 Å². The van der Waals surface area contributed by atoms with E-state index in [1.165, 1.54) is 5.01 Å². The summed E-state index contributed by atoms with van der Waals surface area (Å²) < 4.78 is 0. The van der Waals surface area contributed by atoms with Gasteiger partial charge in [-0.2, -0.15) is 0 Å². The second kappa shape index (κ2) is 9.43. The molecular weight excluding hydrogens is 196 g/mol. The number of carboxylic acids is 1. The molecule has 0 aromatic rings. The molecule has 0 saturated heterocycles. The Hall–Kier alpha value is -1.13. The Kier molecular flexibility index (Phi) is 8.72. The van der Waals surface area contributed by atoms with E-state index in [2.05, 4.69) is 12.2 Å². The molecule has 0 aromatic heterocycles. The van der Waals surface area contributed by atoms with Gasteiger partial charge in [-0.15, -0.1) is 4.91 Å². The van der Waals surface area contributed by atoms with Crippen LogP contribution in [-0.2, 0) is 4.79 Å². The fraction of sp³-hybridized carbons (Fsp3) is 0.900. The number of aliphatic carboxylic acids is 1. The minimum Gasteiger partial charge on any atom is -0.481 e. The first-order chi connectivity index (χ1) is 7.20. The normalized spacial score (nSPS) is 9.93. The zero-order valence-electron chi connectivity index (χ0n) is 9.31. The number of nitroso groups, excluding NO2 is 1. The van der Waals surface area contributed by atoms with Crippen LogP contribution in [0.4, 0.5) is 0 Å². The molecule has 0 aliphatic carbocycles. The molecular formula is C10H20N2O3. The van der Waals surface area contributed by atoms with Crippen LogP contribution < -0.4 is 0 Å². The lowest BCUT2D eigenvalue weighted by Crippen LogP contribution is -2.19. The van der Waals surface area contributed by atoms with Crippen LogP contribution in [0.3, 0.4) is 0 Å². The summed E-state index contributed by atoms with van der Waals surface area (Å²) in [4.78, 5) is 20.6. The van der Waals surface area contributed by atoms with E-state index in [1.807, 2.05) is 0 Å². The van der Waals surface area contributed by atoms with Crippen LogP contribution in [0.1, 0.15) is 45.4 Å². The molecule has 0 amide bonds. The minimum atomic E-state index is -0.786. The fourth-order valence-corrected chi connectivity index (χ4v) is 1.31. The van der Waals surface area contributed by atoms with Gasteiger partial charge in [0.2, 0.25) is 0 Å². The molecule has 0 unspecified atom stereocenters. The van der Waals surface area contributed by atoms with Gasteiger partial charge in [-0.1, -0.05) is 19.8 Å². The minimum absolute atomic E-state index is 0.168. The van der Waals surface area contributed by atoms with Gasteiger partial charge in [-0.25, -0.2) is 0 Å². The molecule has 0 fully saturated rings. The smallest absolute Gasteiger partial charge is 0.303 e. The van der Waals surface area contributed by atoms with Gasteiger partial charge in [0.1, 0.15) is 0 Å². The maximum Gasteiger partial charge on any atom is 0.303 e. The highest BCUT2D eigenvalue weighted by Crippen LogP contribution is 2.02. The predicted molar refractivity (Wildman–Crippen MR) is 58.4 cm³/mol. The number of nitrogens with zero attached hydrogens (tertiary/aromatic N) is 2. The Morgan fingerprint density at radius 2 is 1.80 bits per heavy atom. The first-order valence-electron chi connectivity index (χ1n) is 5.50. The molecule has 0 aliphatic rings. The summed E-state index contributed by atoms with van der Waals surface area (Å²) in [5.74, 6) is -0.786. The Balaban J connectivity index is 3.43. The number of hydrogen-bond acceptors (Lipinski definition) is 3. The van der Waals surface area contributed by atoms with E-state index in [4.69, 9.17) is 5.11 Å². The molecule has 0 aromatic carbocycles. The molecule has 5 nitrogen and oxygen atoms in total. The highest BCUT2D eigenvalue weighted by molar-refractivity contribution is 5.66. The first-order valence-corrected chi connectivity index (χ1v) is 5.50. The molecule has 0 spiro atoms. The summed E-state index contributed by atoms with van der Waals surface area (Å²) >= 11 is 0. The third kappa shape index (κ3) is 9.18. The lowest BCUT2D eigenvalue weighted by molar-refractivity contribution is -0.137. The summed E-state index contributed by atoms with van der Waals surface area (Å²) in [5.41, 5.74) is 0. The van der Waals surface area contributed by atoms with E-state index in [0.717, 1.165) is 19.3 Å². The van der Waals surface area contributed by atoms with Crippen molar-refractivity contribution in [1.29, 1.82) is 0 Å². The number of rotatable bonds is 10. The van der Waals surface area contributed by atoms with Crippen molar-refractivity contribution in [2.45, 2.75) is 45.4 Å². The lowest BCUT2D eigenvalue weighted by Gasteiger charge is -2.14. The first kappa shape index (κ1) is 13.9. The van der Waals surface area contributed by atoms with Crippen molar-refractivity contribution in [1.82, 2.24) is 5.01 Å². The van der Waals surface area contributed by atoms with Crippen LogP contribution in [0.25, 0.3) is 0 Å². The van der Waals surface area contributed by atoms with Crippen LogP contribution in [0.2, 0.25) is 0 Å². The molecule has 15 heavy (non-hydrogen) atoms. The largest absolute Gasteiger partial charge is 0.481 e. The van der Waals surface area contributed by atoms with Gasteiger partial charge in [0, 0.05) is 19.5 Å². The molecule has 88 valence electrons. The predicted octanol–water partition coefficient (Wildman–Crippen LogP) is 2.41. The molecule has 0 atom stereocenters. The van der Waals surface area contributed by atoms with E-state index in [0.29, 0.717) is 25.9 Å². The van der Waals surface area contributed by atoms with Crippen LogP contribution in [0.15, 0.2) is 5.29 Å². The molecule has 0 rings (SSSR count). The van der Waals surface area contributed by atoms with E-state index in [1.54, 1.807) is 0 Å². The molecule has 0 saturated carbocycles. The third-order valence-corrected chi connectivity index (χ3v) is 2.19. The van der Waals surface area contributed by atoms with Crippen molar-refractivity contribution in [2.75, 3.05) is 13.1 Å². The third-order valence-electron chi connectivity index (χ3n) is 2.19. The van der Waals surface area contributed by atoms with Crippen molar-refractivity contribution in [3.05, 3.63) is 4.91 Å². The van der Waals surface area contributed by atoms with Gasteiger partial charge in [0.25, 0.3) is 0 Å². The van der Waals surface area contributed by atoms with E-state index in [9.17, 15) is 9.70 Å². The quantitative estimate of drug-likeness (QED) is 0.346. The van der Waals surface area contributed by atoms with Gasteiger partial charge in [0.05, 0.1) is 5.29 Å². The van der Waals surface area contributed by atoms with Crippen LogP contribution in [-0.4, -0.2) is 29.2 Å². The lowest BCUT2D eigenvalue weighted by atomic mass is 10.2. The summed E-state index contributed by atoms with van der Waals surface area (Å²) in [6, 6.07) is 0. The Labute approximate surface area is 90.4 Å². The van der Waals surface area contributed by atoms with Crippen LogP contribution >= 0.6 is 0 Å². The van der Waals surface area contributed by atoms with Gasteiger partial charge in [-0.05, 0) is 19.3 Å². The van der Waals surface area contributed by atoms with Crippen molar-refractivity contribution in [3.8, 4) is 0 Å². The Bertz CT molecular complexity index is 186. The highest BCUT2D eigenvalue weighted by Gasteiger charge is 2.03. The summed E-state index contributed by atoms with van der Waals surface area (Å²) in [6.45, 7) is 3.36. The van der Waals surface area contributed by atoms with E-state index >= 15 is 0 Å². The van der Waals surface area contributed by atoms with Crippen molar-refractivity contribution >= 4 is 5.97 Å². The second-order valence-electron chi connectivity index (χ2n) is 3.59. The zero-order chi connectivity index (χ0) is 11.5. The van der Waals surface area contributed by atoms with Crippen LogP contribution in [0, 0.1) is 4.91 Å². The summed E-state index contributed by atoms with van der Waals surface area (Å²) in [6.07, 6.45) is 4.68. The van der Waals surface area contributed by atoms with Crippen molar-refractivity contribution in [2.24, 2.45) is 5.29 Å². The van der Waals surface area contributed by atoms with Crippen molar-refractivity contribution in [3.63, 3.8) is 0 Å². The SMILES string of the molecule is CCCCCN(CCCCC(=O)O)N=O. The van der Waals surface area contributed by atoms with E-state index < -0.39 is 5.97 Å². The number of unbranched alkanes of at least 4 members (excludes halogenated alkanes) is 3. The molecule has 0 radical (unpaired) electrons. The van der Waals surface area contributed by atoms with Crippen molar-refractivity contribution < 1.29 is 9.90 Å². The van der Waals surface area contributed by atoms with Gasteiger partial charge in [-0.3, -0.25) is 9.80 Å². The Morgan fingerprint density at radius 3 is 2.27 bits per heavy atom. The fourth-order valence-electron chi connectivity index (χ4n) is 1.31. The standard InChI is InChI=1S/C10H20N2O3/c1-2-3-5-8-12(11-15)9-6-4-7-10(13)14/h2-9H2,1H3,(H,13,14). The second-order valence-corrected chi connectivity index (χ2v) is 3.59. The van der Waals surface area contributed by atoms with E-state index in [-0.39, 0.29) is 6.42 Å². The summed E-state index contributed by atoms with van der Waals surface area (Å²) in [7, 11) is 0. The average molecular weight is 216 g/mol. The average Bonchev–Trinajstić information content (AvgIpc) is 2.21. The number of carbonyl (C=O) groups is 1. The molecule has 0 bridgehead atoms. The molecule has 1 N–H and O–H groups in total. The van der Waals surface area contributed by atoms with Gasteiger partial charge >= 0.3 is 5.97 Å². The molecule has 0 aliphatic heterocycles. The molecule has 5 heteroatoms. The zero-order valence-corrected chi connectivity index (χ0v) is 9.31. The Morgan fingerprint density at radius 1 is 1.20 bits per heavy atom. The number of hydrogen-bond donors (Lipinski definition) is 1. The maximum atomic E-state index is 10.4. The highest BCUT2D eigenvalue weighted by atomic mass is 16.4. The van der Waals surface area contributed by atoms with Gasteiger partial charge in [0.15, 0.2) is 0 Å². The van der Waals surface area contributed by atoms with Crippen LogP contribution in [0.5, 0.6) is 0 Å². The topological polar surface area (TPSA) is 70.0 Å².